The molecule has 1 rings (SSSR count). The second-order valence-electron chi connectivity index (χ2n) is 4.85. The van der Waals surface area contributed by atoms with E-state index in [9.17, 15) is 9.59 Å². The minimum atomic E-state index is -0.836. The number of hydrogen-bond acceptors (Lipinski definition) is 2. The Hall–Kier alpha value is -1.84. The second-order valence-corrected chi connectivity index (χ2v) is 4.85. The lowest BCUT2D eigenvalue weighted by molar-refractivity contribution is -0.138. The molecule has 0 fully saturated rings. The molecule has 4 heteroatoms. The lowest BCUT2D eigenvalue weighted by atomic mass is 10.1. The zero-order valence-corrected chi connectivity index (χ0v) is 11.5. The van der Waals surface area contributed by atoms with Gasteiger partial charge in [-0.05, 0) is 23.5 Å². The maximum atomic E-state index is 11.7. The number of nitrogens with one attached hydrogen (secondary N) is 1. The molecule has 104 valence electrons. The van der Waals surface area contributed by atoms with Crippen molar-refractivity contribution in [3.63, 3.8) is 0 Å². The van der Waals surface area contributed by atoms with Crippen LogP contribution in [0.25, 0.3) is 0 Å². The Morgan fingerprint density at radius 3 is 2.32 bits per heavy atom. The largest absolute Gasteiger partial charge is 0.481 e. The predicted octanol–water partition coefficient (Wildman–Crippen LogP) is 2.02. The van der Waals surface area contributed by atoms with E-state index < -0.39 is 5.97 Å². The number of hydrogen-bond donors (Lipinski definition) is 2. The highest BCUT2D eigenvalue weighted by Gasteiger charge is 2.09. The van der Waals surface area contributed by atoms with Gasteiger partial charge in [-0.25, -0.2) is 0 Å². The fourth-order valence-corrected chi connectivity index (χ4v) is 1.80. The minimum absolute atomic E-state index is 0.0519. The number of aryl methyl sites for hydroxylation is 1. The van der Waals surface area contributed by atoms with Crippen LogP contribution in [0, 0.1) is 5.92 Å². The molecule has 1 aromatic rings. The SMILES string of the molecule is CCc1ccc(CC(=O)NCC(C)CC(=O)O)cc1. The van der Waals surface area contributed by atoms with Gasteiger partial charge in [0.1, 0.15) is 0 Å². The van der Waals surface area contributed by atoms with Crippen LogP contribution in [-0.2, 0) is 22.4 Å². The standard InChI is InChI=1S/C15H21NO3/c1-3-12-4-6-13(7-5-12)9-14(17)16-10-11(2)8-15(18)19/h4-7,11H,3,8-10H2,1-2H3,(H,16,17)(H,18,19). The molecule has 1 atom stereocenters. The van der Waals surface area contributed by atoms with Gasteiger partial charge in [0, 0.05) is 13.0 Å². The molecule has 0 aliphatic rings. The summed E-state index contributed by atoms with van der Waals surface area (Å²) >= 11 is 0. The Morgan fingerprint density at radius 2 is 1.79 bits per heavy atom. The smallest absolute Gasteiger partial charge is 0.303 e. The zero-order valence-electron chi connectivity index (χ0n) is 11.5. The number of aliphatic carboxylic acids is 1. The Bertz CT molecular complexity index is 426. The number of carbonyl (C=O) groups is 2. The molecule has 0 saturated heterocycles. The Balaban J connectivity index is 2.36. The molecule has 19 heavy (non-hydrogen) atoms. The van der Waals surface area contributed by atoms with Gasteiger partial charge in [-0.3, -0.25) is 9.59 Å². The summed E-state index contributed by atoms with van der Waals surface area (Å²) in [4.78, 5) is 22.2. The first-order chi connectivity index (χ1) is 9.01. The van der Waals surface area contributed by atoms with E-state index in [4.69, 9.17) is 5.11 Å². The van der Waals surface area contributed by atoms with Crippen molar-refractivity contribution in [2.45, 2.75) is 33.1 Å². The van der Waals surface area contributed by atoms with E-state index in [1.54, 1.807) is 0 Å². The van der Waals surface area contributed by atoms with Crippen LogP contribution in [0.1, 0.15) is 31.4 Å². The maximum Gasteiger partial charge on any atom is 0.303 e. The molecule has 1 amide bonds. The quantitative estimate of drug-likeness (QED) is 0.791. The number of rotatable bonds is 7. The van der Waals surface area contributed by atoms with Crippen molar-refractivity contribution in [1.82, 2.24) is 5.32 Å². The van der Waals surface area contributed by atoms with Crippen molar-refractivity contribution in [2.75, 3.05) is 6.54 Å². The Kier molecular flexibility index (Phi) is 6.06. The van der Waals surface area contributed by atoms with Gasteiger partial charge in [-0.1, -0.05) is 38.1 Å². The molecule has 0 radical (unpaired) electrons. The summed E-state index contributed by atoms with van der Waals surface area (Å²) in [6, 6.07) is 7.96. The van der Waals surface area contributed by atoms with Gasteiger partial charge < -0.3 is 10.4 Å². The van der Waals surface area contributed by atoms with Crippen LogP contribution in [0.4, 0.5) is 0 Å². The Morgan fingerprint density at radius 1 is 1.21 bits per heavy atom. The van der Waals surface area contributed by atoms with Gasteiger partial charge in [-0.2, -0.15) is 0 Å². The molecular formula is C15H21NO3. The monoisotopic (exact) mass is 263 g/mol. The van der Waals surface area contributed by atoms with Gasteiger partial charge in [0.2, 0.25) is 5.91 Å². The van der Waals surface area contributed by atoms with Crippen molar-refractivity contribution in [1.29, 1.82) is 0 Å². The van der Waals surface area contributed by atoms with Crippen LogP contribution in [-0.4, -0.2) is 23.5 Å². The van der Waals surface area contributed by atoms with E-state index in [1.165, 1.54) is 5.56 Å². The van der Waals surface area contributed by atoms with Crippen LogP contribution < -0.4 is 5.32 Å². The van der Waals surface area contributed by atoms with Gasteiger partial charge in [0.15, 0.2) is 0 Å². The van der Waals surface area contributed by atoms with Gasteiger partial charge in [0.25, 0.3) is 0 Å². The van der Waals surface area contributed by atoms with Crippen LogP contribution in [0.5, 0.6) is 0 Å². The van der Waals surface area contributed by atoms with E-state index >= 15 is 0 Å². The molecule has 2 N–H and O–H groups in total. The minimum Gasteiger partial charge on any atom is -0.481 e. The second kappa shape index (κ2) is 7.56. The van der Waals surface area contributed by atoms with E-state index in [-0.39, 0.29) is 18.2 Å². The highest BCUT2D eigenvalue weighted by Crippen LogP contribution is 2.06. The van der Waals surface area contributed by atoms with E-state index in [2.05, 4.69) is 12.2 Å². The fraction of sp³-hybridized carbons (Fsp3) is 0.467. The molecule has 0 saturated carbocycles. The first-order valence-electron chi connectivity index (χ1n) is 6.57. The van der Waals surface area contributed by atoms with Gasteiger partial charge in [0.05, 0.1) is 6.42 Å². The predicted molar refractivity (Wildman–Crippen MR) is 74.0 cm³/mol. The van der Waals surface area contributed by atoms with Crippen molar-refractivity contribution >= 4 is 11.9 Å². The average Bonchev–Trinajstić information content (AvgIpc) is 2.36. The summed E-state index contributed by atoms with van der Waals surface area (Å²) in [6.07, 6.45) is 1.40. The first-order valence-corrected chi connectivity index (χ1v) is 6.57. The van der Waals surface area contributed by atoms with Crippen LogP contribution >= 0.6 is 0 Å². The molecule has 0 aliphatic carbocycles. The van der Waals surface area contributed by atoms with Crippen molar-refractivity contribution < 1.29 is 14.7 Å². The third kappa shape index (κ3) is 6.04. The fourth-order valence-electron chi connectivity index (χ4n) is 1.80. The first kappa shape index (κ1) is 15.2. The zero-order chi connectivity index (χ0) is 14.3. The topological polar surface area (TPSA) is 66.4 Å². The molecule has 0 spiro atoms. The van der Waals surface area contributed by atoms with Crippen LogP contribution in [0.15, 0.2) is 24.3 Å². The summed E-state index contributed by atoms with van der Waals surface area (Å²) in [5.41, 5.74) is 2.22. The van der Waals surface area contributed by atoms with Crippen molar-refractivity contribution in [3.05, 3.63) is 35.4 Å². The summed E-state index contributed by atoms with van der Waals surface area (Å²) in [5.74, 6) is -0.956. The molecule has 0 heterocycles. The summed E-state index contributed by atoms with van der Waals surface area (Å²) in [7, 11) is 0. The third-order valence-electron chi connectivity index (χ3n) is 2.97. The molecule has 1 aromatic carbocycles. The molecule has 0 bridgehead atoms. The highest BCUT2D eigenvalue weighted by atomic mass is 16.4. The van der Waals surface area contributed by atoms with Crippen molar-refractivity contribution in [2.24, 2.45) is 5.92 Å². The van der Waals surface area contributed by atoms with E-state index in [0.717, 1.165) is 12.0 Å². The number of carboxylic acids is 1. The van der Waals surface area contributed by atoms with Crippen LogP contribution in [0.2, 0.25) is 0 Å². The molecule has 0 aromatic heterocycles. The lowest BCUT2D eigenvalue weighted by Crippen LogP contribution is -2.30. The number of amides is 1. The Labute approximate surface area is 113 Å². The molecule has 1 unspecified atom stereocenters. The molecule has 0 aliphatic heterocycles. The number of benzene rings is 1. The lowest BCUT2D eigenvalue weighted by Gasteiger charge is -2.10. The van der Waals surface area contributed by atoms with E-state index in [1.807, 2.05) is 31.2 Å². The maximum absolute atomic E-state index is 11.7. The normalized spacial score (nSPS) is 11.9. The molecular weight excluding hydrogens is 242 g/mol. The summed E-state index contributed by atoms with van der Waals surface area (Å²) < 4.78 is 0. The van der Waals surface area contributed by atoms with Gasteiger partial charge >= 0.3 is 5.97 Å². The average molecular weight is 263 g/mol. The third-order valence-corrected chi connectivity index (χ3v) is 2.97. The summed E-state index contributed by atoms with van der Waals surface area (Å²) in [5, 5.41) is 11.4. The number of carboxylic acid groups (broad SMARTS) is 1. The van der Waals surface area contributed by atoms with Gasteiger partial charge in [-0.15, -0.1) is 0 Å². The van der Waals surface area contributed by atoms with Crippen LogP contribution in [0.3, 0.4) is 0 Å². The summed E-state index contributed by atoms with van der Waals surface area (Å²) in [6.45, 7) is 4.30. The number of carbonyl (C=O) groups excluding carboxylic acids is 1. The molecule has 4 nitrogen and oxygen atoms in total. The van der Waals surface area contributed by atoms with Crippen molar-refractivity contribution in [3.8, 4) is 0 Å². The van der Waals surface area contributed by atoms with E-state index in [0.29, 0.717) is 13.0 Å². The highest BCUT2D eigenvalue weighted by molar-refractivity contribution is 5.78.